The van der Waals surface area contributed by atoms with Gasteiger partial charge in [-0.15, -0.1) is 0 Å². The number of aromatic nitrogens is 2. The number of benzene rings is 1. The number of thioether (sulfide) groups is 1. The molecule has 1 aromatic carbocycles. The Morgan fingerprint density at radius 2 is 1.71 bits per heavy atom. The van der Waals surface area contributed by atoms with Crippen LogP contribution in [0.25, 0.3) is 11.3 Å². The van der Waals surface area contributed by atoms with Gasteiger partial charge < -0.3 is 5.73 Å². The molecule has 0 spiro atoms. The minimum Gasteiger partial charge on any atom is -0.382 e. The highest BCUT2D eigenvalue weighted by atomic mass is 32.2. The van der Waals surface area contributed by atoms with Gasteiger partial charge in [0.2, 0.25) is 0 Å². The van der Waals surface area contributed by atoms with Gasteiger partial charge in [0.05, 0.1) is 0 Å². The number of halogens is 2. The molecule has 3 nitrogen and oxygen atoms in total. The smallest absolute Gasteiger partial charge is 0.288 e. The van der Waals surface area contributed by atoms with Crippen molar-refractivity contribution in [3.8, 4) is 11.3 Å². The summed E-state index contributed by atoms with van der Waals surface area (Å²) in [6, 6.07) is 6.62. The van der Waals surface area contributed by atoms with Gasteiger partial charge in [0.1, 0.15) is 11.5 Å². The Morgan fingerprint density at radius 1 is 1.06 bits per heavy atom. The van der Waals surface area contributed by atoms with E-state index in [9.17, 15) is 8.78 Å². The van der Waals surface area contributed by atoms with Gasteiger partial charge in [-0.25, -0.2) is 4.98 Å². The Labute approximate surface area is 101 Å². The van der Waals surface area contributed by atoms with Gasteiger partial charge in [0.15, 0.2) is 0 Å². The molecule has 0 amide bonds. The van der Waals surface area contributed by atoms with Crippen LogP contribution >= 0.6 is 11.8 Å². The molecule has 0 aliphatic heterocycles. The molecule has 0 aliphatic rings. The predicted molar refractivity (Wildman–Crippen MR) is 63.7 cm³/mol. The second-order valence-corrected chi connectivity index (χ2v) is 4.26. The molecule has 0 saturated carbocycles. The Hall–Kier alpha value is -1.69. The highest BCUT2D eigenvalue weighted by Gasteiger charge is 2.07. The van der Waals surface area contributed by atoms with Gasteiger partial charge in [-0.1, -0.05) is 23.9 Å². The summed E-state index contributed by atoms with van der Waals surface area (Å²) in [5, 5.41) is 0. The third-order valence-corrected chi connectivity index (χ3v) is 2.80. The minimum atomic E-state index is -2.41. The normalized spacial score (nSPS) is 10.8. The number of nitrogens with zero attached hydrogens (tertiary/aromatic N) is 2. The second kappa shape index (κ2) is 5.09. The van der Waals surface area contributed by atoms with E-state index < -0.39 is 5.76 Å². The standard InChI is InChI=1S/C11H9F2N3S/c12-11(13)17-8-3-1-7(2-4-8)9-10(14)16-6-5-15-9/h1-6,11H,(H2,14,16). The van der Waals surface area contributed by atoms with Crippen LogP contribution in [0.3, 0.4) is 0 Å². The summed E-state index contributed by atoms with van der Waals surface area (Å²) in [5.41, 5.74) is 6.99. The number of rotatable bonds is 3. The maximum atomic E-state index is 12.1. The molecule has 1 heterocycles. The summed E-state index contributed by atoms with van der Waals surface area (Å²) in [6.45, 7) is 0. The SMILES string of the molecule is Nc1nccnc1-c1ccc(SC(F)F)cc1. The van der Waals surface area contributed by atoms with E-state index in [1.54, 1.807) is 24.3 Å². The first-order valence-corrected chi connectivity index (χ1v) is 5.66. The molecule has 0 saturated heterocycles. The molecular formula is C11H9F2N3S. The number of nitrogens with two attached hydrogens (primary N) is 1. The van der Waals surface area contributed by atoms with E-state index in [1.165, 1.54) is 12.4 Å². The summed E-state index contributed by atoms with van der Waals surface area (Å²) in [7, 11) is 0. The second-order valence-electron chi connectivity index (χ2n) is 3.19. The van der Waals surface area contributed by atoms with Crippen molar-refractivity contribution in [3.63, 3.8) is 0 Å². The lowest BCUT2D eigenvalue weighted by Crippen LogP contribution is -1.95. The summed E-state index contributed by atoms with van der Waals surface area (Å²) in [5.74, 6) is -2.09. The van der Waals surface area contributed by atoms with Crippen molar-refractivity contribution >= 4 is 17.6 Å². The van der Waals surface area contributed by atoms with Crippen molar-refractivity contribution in [2.24, 2.45) is 0 Å². The van der Waals surface area contributed by atoms with Crippen molar-refractivity contribution in [2.45, 2.75) is 10.7 Å². The van der Waals surface area contributed by atoms with Crippen LogP contribution in [0.15, 0.2) is 41.6 Å². The monoisotopic (exact) mass is 253 g/mol. The average molecular weight is 253 g/mol. The Bertz CT molecular complexity index is 502. The van der Waals surface area contributed by atoms with E-state index in [2.05, 4.69) is 9.97 Å². The molecule has 17 heavy (non-hydrogen) atoms. The number of hydrogen-bond donors (Lipinski definition) is 1. The Kier molecular flexibility index (Phi) is 3.53. The quantitative estimate of drug-likeness (QED) is 0.854. The molecule has 1 aromatic heterocycles. The van der Waals surface area contributed by atoms with E-state index in [0.717, 1.165) is 5.56 Å². The highest BCUT2D eigenvalue weighted by Crippen LogP contribution is 2.28. The maximum Gasteiger partial charge on any atom is 0.288 e. The van der Waals surface area contributed by atoms with Crippen LogP contribution in [-0.2, 0) is 0 Å². The summed E-state index contributed by atoms with van der Waals surface area (Å²) >= 11 is 0.506. The van der Waals surface area contributed by atoms with E-state index in [4.69, 9.17) is 5.73 Å². The molecular weight excluding hydrogens is 244 g/mol. The third-order valence-electron chi connectivity index (χ3n) is 2.08. The molecule has 0 radical (unpaired) electrons. The van der Waals surface area contributed by atoms with E-state index in [0.29, 0.717) is 28.2 Å². The van der Waals surface area contributed by atoms with Crippen LogP contribution in [0, 0.1) is 0 Å². The molecule has 2 aromatic rings. The van der Waals surface area contributed by atoms with Gasteiger partial charge in [0, 0.05) is 22.9 Å². The number of hydrogen-bond acceptors (Lipinski definition) is 4. The number of anilines is 1. The summed E-state index contributed by atoms with van der Waals surface area (Å²) in [4.78, 5) is 8.52. The highest BCUT2D eigenvalue weighted by molar-refractivity contribution is 7.99. The van der Waals surface area contributed by atoms with Crippen LogP contribution in [0.1, 0.15) is 0 Å². The fraction of sp³-hybridized carbons (Fsp3) is 0.0909. The average Bonchev–Trinajstić information content (AvgIpc) is 2.30. The van der Waals surface area contributed by atoms with E-state index in [1.807, 2.05) is 0 Å². The molecule has 0 fully saturated rings. The molecule has 0 aliphatic carbocycles. The number of nitrogen functional groups attached to an aromatic ring is 1. The molecule has 0 bridgehead atoms. The molecule has 6 heteroatoms. The van der Waals surface area contributed by atoms with Gasteiger partial charge >= 0.3 is 0 Å². The van der Waals surface area contributed by atoms with Crippen molar-refractivity contribution in [1.82, 2.24) is 9.97 Å². The zero-order chi connectivity index (χ0) is 12.3. The fourth-order valence-corrected chi connectivity index (χ4v) is 1.86. The number of alkyl halides is 2. The maximum absolute atomic E-state index is 12.1. The third kappa shape index (κ3) is 2.91. The first-order valence-electron chi connectivity index (χ1n) is 4.78. The van der Waals surface area contributed by atoms with Crippen molar-refractivity contribution in [3.05, 3.63) is 36.7 Å². The van der Waals surface area contributed by atoms with Gasteiger partial charge in [0.25, 0.3) is 5.76 Å². The van der Waals surface area contributed by atoms with Crippen LogP contribution in [0.5, 0.6) is 0 Å². The van der Waals surface area contributed by atoms with Crippen molar-refractivity contribution in [1.29, 1.82) is 0 Å². The van der Waals surface area contributed by atoms with Crippen LogP contribution in [0.2, 0.25) is 0 Å². The van der Waals surface area contributed by atoms with Gasteiger partial charge in [-0.2, -0.15) is 8.78 Å². The van der Waals surface area contributed by atoms with E-state index >= 15 is 0 Å². The molecule has 88 valence electrons. The van der Waals surface area contributed by atoms with Crippen molar-refractivity contribution in [2.75, 3.05) is 5.73 Å². The summed E-state index contributed by atoms with van der Waals surface area (Å²) in [6.07, 6.45) is 3.04. The molecule has 0 atom stereocenters. The minimum absolute atomic E-state index is 0.321. The predicted octanol–water partition coefficient (Wildman–Crippen LogP) is 3.04. The van der Waals surface area contributed by atoms with Crippen LogP contribution < -0.4 is 5.73 Å². The Balaban J connectivity index is 2.27. The van der Waals surface area contributed by atoms with Gasteiger partial charge in [-0.3, -0.25) is 4.98 Å². The largest absolute Gasteiger partial charge is 0.382 e. The lowest BCUT2D eigenvalue weighted by atomic mass is 10.1. The van der Waals surface area contributed by atoms with Crippen LogP contribution in [0.4, 0.5) is 14.6 Å². The lowest BCUT2D eigenvalue weighted by Gasteiger charge is -2.04. The van der Waals surface area contributed by atoms with Gasteiger partial charge in [-0.05, 0) is 12.1 Å². The van der Waals surface area contributed by atoms with E-state index in [-0.39, 0.29) is 0 Å². The Morgan fingerprint density at radius 3 is 2.29 bits per heavy atom. The first-order chi connectivity index (χ1) is 8.16. The molecule has 2 N–H and O–H groups in total. The van der Waals surface area contributed by atoms with Crippen LogP contribution in [-0.4, -0.2) is 15.7 Å². The fourth-order valence-electron chi connectivity index (χ4n) is 1.37. The summed E-state index contributed by atoms with van der Waals surface area (Å²) < 4.78 is 24.3. The van der Waals surface area contributed by atoms with Crippen molar-refractivity contribution < 1.29 is 8.78 Å². The molecule has 2 rings (SSSR count). The first kappa shape index (κ1) is 11.8. The topological polar surface area (TPSA) is 51.8 Å². The zero-order valence-electron chi connectivity index (χ0n) is 8.68. The molecule has 0 unspecified atom stereocenters. The lowest BCUT2D eigenvalue weighted by molar-refractivity contribution is 0.252. The zero-order valence-corrected chi connectivity index (χ0v) is 9.49.